The lowest BCUT2D eigenvalue weighted by Crippen LogP contribution is -2.24. The van der Waals surface area contributed by atoms with E-state index in [-0.39, 0.29) is 18.5 Å². The minimum absolute atomic E-state index is 0.134. The Morgan fingerprint density at radius 1 is 1.75 bits per heavy atom. The number of hydrogen-bond acceptors (Lipinski definition) is 3. The van der Waals surface area contributed by atoms with E-state index in [4.69, 9.17) is 9.84 Å². The van der Waals surface area contributed by atoms with Gasteiger partial charge in [0.2, 0.25) is 0 Å². The van der Waals surface area contributed by atoms with Gasteiger partial charge in [0, 0.05) is 6.61 Å². The van der Waals surface area contributed by atoms with Gasteiger partial charge in [0.1, 0.15) is 6.61 Å². The molecule has 0 amide bonds. The van der Waals surface area contributed by atoms with Gasteiger partial charge in [-0.3, -0.25) is 4.79 Å². The summed E-state index contributed by atoms with van der Waals surface area (Å²) in [6.07, 6.45) is 3.04. The van der Waals surface area contributed by atoms with Gasteiger partial charge < -0.3 is 9.84 Å². The molecule has 3 heteroatoms. The molecule has 1 rings (SSSR count). The molecule has 0 aliphatic carbocycles. The fraction of sp³-hybridized carbons (Fsp3) is 0.667. The lowest BCUT2D eigenvalue weighted by molar-refractivity contribution is -0.146. The van der Waals surface area contributed by atoms with Gasteiger partial charge in [-0.2, -0.15) is 0 Å². The van der Waals surface area contributed by atoms with Crippen LogP contribution in [-0.4, -0.2) is 24.3 Å². The Hall–Kier alpha value is -0.830. The molecule has 0 radical (unpaired) electrons. The topological polar surface area (TPSA) is 46.5 Å². The molecule has 1 aliphatic rings. The Labute approximate surface area is 72.0 Å². The number of aliphatic hydroxyl groups excluding tert-OH is 1. The molecule has 0 aromatic heterocycles. The zero-order valence-electron chi connectivity index (χ0n) is 7.25. The molecule has 0 aromatic rings. The second-order valence-electron chi connectivity index (χ2n) is 2.94. The molecule has 0 spiro atoms. The number of allylic oxidation sites excluding steroid dienone is 1. The molecule has 68 valence electrons. The van der Waals surface area contributed by atoms with Crippen molar-refractivity contribution in [3.05, 3.63) is 11.6 Å². The van der Waals surface area contributed by atoms with Crippen molar-refractivity contribution >= 4 is 5.97 Å². The van der Waals surface area contributed by atoms with Crippen LogP contribution in [0.2, 0.25) is 0 Å². The fourth-order valence-corrected chi connectivity index (χ4v) is 1.44. The first-order valence-corrected chi connectivity index (χ1v) is 4.19. The van der Waals surface area contributed by atoms with Crippen molar-refractivity contribution in [3.63, 3.8) is 0 Å². The zero-order valence-corrected chi connectivity index (χ0v) is 7.25. The van der Waals surface area contributed by atoms with Crippen molar-refractivity contribution in [2.75, 3.05) is 13.2 Å². The number of aliphatic hydroxyl groups is 1. The Kier molecular flexibility index (Phi) is 3.29. The molecule has 0 bridgehead atoms. The summed E-state index contributed by atoms with van der Waals surface area (Å²) in [5.74, 6) is 0.0419. The van der Waals surface area contributed by atoms with Crippen LogP contribution >= 0.6 is 0 Å². The second-order valence-corrected chi connectivity index (χ2v) is 2.94. The molecule has 3 nitrogen and oxygen atoms in total. The number of cyclic esters (lactones) is 1. The summed E-state index contributed by atoms with van der Waals surface area (Å²) in [6, 6.07) is 0. The van der Waals surface area contributed by atoms with E-state index in [0.29, 0.717) is 19.4 Å². The van der Waals surface area contributed by atoms with E-state index in [2.05, 4.69) is 0 Å². The molecular formula is C9H14O3. The highest BCUT2D eigenvalue weighted by atomic mass is 16.5. The molecule has 0 unspecified atom stereocenters. The highest BCUT2D eigenvalue weighted by molar-refractivity contribution is 5.71. The van der Waals surface area contributed by atoms with Crippen LogP contribution in [0.25, 0.3) is 0 Å². The van der Waals surface area contributed by atoms with Crippen LogP contribution in [0.1, 0.15) is 19.8 Å². The predicted molar refractivity (Wildman–Crippen MR) is 44.5 cm³/mol. The van der Waals surface area contributed by atoms with E-state index in [1.54, 1.807) is 0 Å². The minimum Gasteiger partial charge on any atom is -0.461 e. The number of hydrogen-bond donors (Lipinski definition) is 1. The third-order valence-electron chi connectivity index (χ3n) is 2.19. The quantitative estimate of drug-likeness (QED) is 0.494. The van der Waals surface area contributed by atoms with Crippen LogP contribution in [-0.2, 0) is 9.53 Å². The van der Waals surface area contributed by atoms with Gasteiger partial charge in [-0.25, -0.2) is 0 Å². The summed E-state index contributed by atoms with van der Waals surface area (Å²) in [5, 5.41) is 8.74. The van der Waals surface area contributed by atoms with Gasteiger partial charge in [0.25, 0.3) is 0 Å². The Morgan fingerprint density at radius 2 is 2.50 bits per heavy atom. The lowest BCUT2D eigenvalue weighted by Gasteiger charge is -2.23. The van der Waals surface area contributed by atoms with E-state index in [0.717, 1.165) is 5.57 Å². The molecule has 1 N–H and O–H groups in total. The lowest BCUT2D eigenvalue weighted by atomic mass is 9.91. The molecular weight excluding hydrogens is 156 g/mol. The summed E-state index contributed by atoms with van der Waals surface area (Å²) >= 11 is 0. The van der Waals surface area contributed by atoms with Crippen molar-refractivity contribution in [2.24, 2.45) is 5.92 Å². The number of esters is 1. The third kappa shape index (κ3) is 2.08. The van der Waals surface area contributed by atoms with Crippen LogP contribution in [0.4, 0.5) is 0 Å². The largest absolute Gasteiger partial charge is 0.461 e. The van der Waals surface area contributed by atoms with Crippen molar-refractivity contribution < 1.29 is 14.6 Å². The molecule has 0 saturated carbocycles. The molecule has 0 aromatic carbocycles. The van der Waals surface area contributed by atoms with Crippen molar-refractivity contribution in [1.82, 2.24) is 0 Å². The van der Waals surface area contributed by atoms with Crippen LogP contribution in [0.15, 0.2) is 11.6 Å². The van der Waals surface area contributed by atoms with Gasteiger partial charge in [-0.15, -0.1) is 0 Å². The van der Waals surface area contributed by atoms with E-state index in [1.807, 2.05) is 13.0 Å². The molecule has 1 atom stereocenters. The molecule has 12 heavy (non-hydrogen) atoms. The Bertz CT molecular complexity index is 196. The number of ether oxygens (including phenoxy) is 1. The standard InChI is InChI=1S/C9H14O3/c1-2-7-6-12-9(11)5-8(7)3-4-10/h2,8,10H,3-6H2,1H3/b7-2-/t8-/m1/s1. The summed E-state index contributed by atoms with van der Waals surface area (Å²) in [5.41, 5.74) is 1.13. The van der Waals surface area contributed by atoms with E-state index >= 15 is 0 Å². The van der Waals surface area contributed by atoms with Crippen LogP contribution in [0.3, 0.4) is 0 Å². The van der Waals surface area contributed by atoms with E-state index in [1.165, 1.54) is 0 Å². The molecule has 1 heterocycles. The maximum absolute atomic E-state index is 10.9. The summed E-state index contributed by atoms with van der Waals surface area (Å²) in [6.45, 7) is 2.47. The van der Waals surface area contributed by atoms with Crippen LogP contribution in [0, 0.1) is 5.92 Å². The summed E-state index contributed by atoms with van der Waals surface area (Å²) in [7, 11) is 0. The normalized spacial score (nSPS) is 27.3. The molecule has 1 fully saturated rings. The van der Waals surface area contributed by atoms with Gasteiger partial charge in [-0.05, 0) is 24.8 Å². The summed E-state index contributed by atoms with van der Waals surface area (Å²) in [4.78, 5) is 10.9. The van der Waals surface area contributed by atoms with Crippen LogP contribution < -0.4 is 0 Å². The van der Waals surface area contributed by atoms with Crippen molar-refractivity contribution in [3.8, 4) is 0 Å². The third-order valence-corrected chi connectivity index (χ3v) is 2.19. The second kappa shape index (κ2) is 4.26. The Balaban J connectivity index is 2.58. The van der Waals surface area contributed by atoms with E-state index < -0.39 is 0 Å². The van der Waals surface area contributed by atoms with Crippen molar-refractivity contribution in [2.45, 2.75) is 19.8 Å². The maximum Gasteiger partial charge on any atom is 0.306 e. The molecule has 1 saturated heterocycles. The minimum atomic E-state index is -0.154. The van der Waals surface area contributed by atoms with Gasteiger partial charge in [0.15, 0.2) is 0 Å². The first-order chi connectivity index (χ1) is 5.77. The average Bonchev–Trinajstić information content (AvgIpc) is 2.05. The monoisotopic (exact) mass is 170 g/mol. The average molecular weight is 170 g/mol. The fourth-order valence-electron chi connectivity index (χ4n) is 1.44. The predicted octanol–water partition coefficient (Wildman–Crippen LogP) is 0.878. The first kappa shape index (κ1) is 9.26. The van der Waals surface area contributed by atoms with Crippen molar-refractivity contribution in [1.29, 1.82) is 0 Å². The maximum atomic E-state index is 10.9. The molecule has 1 aliphatic heterocycles. The highest BCUT2D eigenvalue weighted by Gasteiger charge is 2.23. The smallest absolute Gasteiger partial charge is 0.306 e. The van der Waals surface area contributed by atoms with E-state index in [9.17, 15) is 4.79 Å². The number of rotatable bonds is 2. The van der Waals surface area contributed by atoms with Crippen LogP contribution in [0.5, 0.6) is 0 Å². The first-order valence-electron chi connectivity index (χ1n) is 4.19. The van der Waals surface area contributed by atoms with Gasteiger partial charge in [0.05, 0.1) is 6.42 Å². The SMILES string of the molecule is C/C=C1/COC(=O)C[C@H]1CCO. The summed E-state index contributed by atoms with van der Waals surface area (Å²) < 4.78 is 4.87. The van der Waals surface area contributed by atoms with Gasteiger partial charge in [-0.1, -0.05) is 6.08 Å². The highest BCUT2D eigenvalue weighted by Crippen LogP contribution is 2.24. The zero-order chi connectivity index (χ0) is 8.97. The number of carbonyl (C=O) groups is 1. The number of carbonyl (C=O) groups excluding carboxylic acids is 1. The Morgan fingerprint density at radius 3 is 3.08 bits per heavy atom. The van der Waals surface area contributed by atoms with Gasteiger partial charge >= 0.3 is 5.97 Å².